The summed E-state index contributed by atoms with van der Waals surface area (Å²) in [4.78, 5) is 18.0. The summed E-state index contributed by atoms with van der Waals surface area (Å²) in [5.74, 6) is 0.351. The van der Waals surface area contributed by atoms with Gasteiger partial charge in [0.1, 0.15) is 5.82 Å². The maximum atomic E-state index is 11.3. The normalized spacial score (nSPS) is 14.3. The third kappa shape index (κ3) is 2.63. The minimum atomic E-state index is -0.849. The van der Waals surface area contributed by atoms with Crippen molar-refractivity contribution in [2.24, 2.45) is 0 Å². The zero-order valence-corrected chi connectivity index (χ0v) is 12.9. The molecule has 0 amide bonds. The van der Waals surface area contributed by atoms with Crippen LogP contribution in [0.5, 0.6) is 0 Å². The fraction of sp³-hybridized carbons (Fsp3) is 0.400. The van der Waals surface area contributed by atoms with E-state index in [0.717, 1.165) is 35.0 Å². The minimum absolute atomic E-state index is 0.325. The van der Waals surface area contributed by atoms with E-state index in [1.54, 1.807) is 6.07 Å². The first-order valence-corrected chi connectivity index (χ1v) is 7.76. The molecule has 0 aliphatic carbocycles. The van der Waals surface area contributed by atoms with Crippen LogP contribution >= 0.6 is 11.5 Å². The zero-order valence-electron chi connectivity index (χ0n) is 12.0. The molecule has 1 aliphatic heterocycles. The standard InChI is InChI=1S/C15H17N3O2S/c1-9(2)13-16-15(21-17-13)18-7-6-11-10(8-18)4-3-5-12(11)14(19)20/h3-5,9H,6-8H2,1-2H3,(H,19,20). The smallest absolute Gasteiger partial charge is 0.335 e. The molecule has 0 fully saturated rings. The number of aromatic nitrogens is 2. The summed E-state index contributed by atoms with van der Waals surface area (Å²) in [6.07, 6.45) is 0.731. The van der Waals surface area contributed by atoms with E-state index in [9.17, 15) is 9.90 Å². The summed E-state index contributed by atoms with van der Waals surface area (Å²) in [6.45, 7) is 5.64. The number of rotatable bonds is 3. The van der Waals surface area contributed by atoms with Crippen LogP contribution < -0.4 is 4.90 Å². The second kappa shape index (κ2) is 5.44. The molecule has 2 aromatic rings. The maximum absolute atomic E-state index is 11.3. The third-order valence-electron chi connectivity index (χ3n) is 3.71. The number of carbonyl (C=O) groups is 1. The molecule has 1 aromatic heterocycles. The average Bonchev–Trinajstić information content (AvgIpc) is 2.96. The quantitative estimate of drug-likeness (QED) is 0.944. The Morgan fingerprint density at radius 1 is 1.43 bits per heavy atom. The van der Waals surface area contributed by atoms with Crippen LogP contribution in [0, 0.1) is 0 Å². The highest BCUT2D eigenvalue weighted by Crippen LogP contribution is 2.28. The molecule has 1 aliphatic rings. The predicted octanol–water partition coefficient (Wildman–Crippen LogP) is 2.92. The Morgan fingerprint density at radius 2 is 2.24 bits per heavy atom. The lowest BCUT2D eigenvalue weighted by Crippen LogP contribution is -2.31. The van der Waals surface area contributed by atoms with Crippen LogP contribution in [0.4, 0.5) is 5.13 Å². The molecule has 1 aromatic carbocycles. The van der Waals surface area contributed by atoms with Crippen LogP contribution in [0.1, 0.15) is 47.1 Å². The number of hydrogen-bond acceptors (Lipinski definition) is 5. The van der Waals surface area contributed by atoms with Gasteiger partial charge in [0.2, 0.25) is 5.13 Å². The Kier molecular flexibility index (Phi) is 3.63. The van der Waals surface area contributed by atoms with Crippen LogP contribution in [0.25, 0.3) is 0 Å². The lowest BCUT2D eigenvalue weighted by atomic mass is 9.95. The van der Waals surface area contributed by atoms with Crippen molar-refractivity contribution in [3.05, 3.63) is 40.7 Å². The number of benzene rings is 1. The predicted molar refractivity (Wildman–Crippen MR) is 82.2 cm³/mol. The number of carboxylic acid groups (broad SMARTS) is 1. The molecular formula is C15H17N3O2S. The molecule has 21 heavy (non-hydrogen) atoms. The van der Waals surface area contributed by atoms with Crippen molar-refractivity contribution >= 4 is 22.6 Å². The van der Waals surface area contributed by atoms with Gasteiger partial charge in [-0.05, 0) is 23.6 Å². The Hall–Kier alpha value is -1.95. The summed E-state index contributed by atoms with van der Waals surface area (Å²) in [6, 6.07) is 5.49. The second-order valence-corrected chi connectivity index (χ2v) is 6.24. The first-order chi connectivity index (χ1) is 10.1. The average molecular weight is 303 g/mol. The van der Waals surface area contributed by atoms with Gasteiger partial charge in [0.05, 0.1) is 5.56 Å². The number of fused-ring (bicyclic) bond motifs is 1. The SMILES string of the molecule is CC(C)c1nsc(N2CCc3c(cccc3C(=O)O)C2)n1. The van der Waals surface area contributed by atoms with Gasteiger partial charge in [-0.1, -0.05) is 26.0 Å². The van der Waals surface area contributed by atoms with E-state index in [0.29, 0.717) is 18.0 Å². The molecule has 0 radical (unpaired) electrons. The van der Waals surface area contributed by atoms with Gasteiger partial charge in [0.15, 0.2) is 0 Å². The van der Waals surface area contributed by atoms with Gasteiger partial charge in [-0.25, -0.2) is 9.78 Å². The summed E-state index contributed by atoms with van der Waals surface area (Å²) in [5.41, 5.74) is 2.45. The molecule has 3 rings (SSSR count). The highest BCUT2D eigenvalue weighted by atomic mass is 32.1. The molecule has 0 unspecified atom stereocenters. The lowest BCUT2D eigenvalue weighted by Gasteiger charge is -2.28. The van der Waals surface area contributed by atoms with Crippen LogP contribution in [0.3, 0.4) is 0 Å². The molecule has 0 saturated heterocycles. The van der Waals surface area contributed by atoms with Gasteiger partial charge in [-0.2, -0.15) is 4.37 Å². The summed E-state index contributed by atoms with van der Waals surface area (Å²) in [7, 11) is 0. The van der Waals surface area contributed by atoms with Crippen molar-refractivity contribution in [2.75, 3.05) is 11.4 Å². The molecule has 0 saturated carbocycles. The minimum Gasteiger partial charge on any atom is -0.478 e. The molecule has 110 valence electrons. The van der Waals surface area contributed by atoms with Gasteiger partial charge in [-0.15, -0.1) is 0 Å². The number of nitrogens with zero attached hydrogens (tertiary/aromatic N) is 3. The Morgan fingerprint density at radius 3 is 2.90 bits per heavy atom. The van der Waals surface area contributed by atoms with Crippen LogP contribution in [-0.2, 0) is 13.0 Å². The van der Waals surface area contributed by atoms with E-state index < -0.39 is 5.97 Å². The van der Waals surface area contributed by atoms with E-state index in [2.05, 4.69) is 28.1 Å². The van der Waals surface area contributed by atoms with E-state index in [-0.39, 0.29) is 0 Å². The Labute approximate surface area is 127 Å². The fourth-order valence-corrected chi connectivity index (χ4v) is 3.39. The van der Waals surface area contributed by atoms with Crippen LogP contribution in [-0.4, -0.2) is 27.0 Å². The van der Waals surface area contributed by atoms with Gasteiger partial charge >= 0.3 is 5.97 Å². The Bertz CT molecular complexity index is 681. The van der Waals surface area contributed by atoms with Crippen molar-refractivity contribution in [1.82, 2.24) is 9.36 Å². The number of anilines is 1. The lowest BCUT2D eigenvalue weighted by molar-refractivity contribution is 0.0695. The Balaban J connectivity index is 1.87. The summed E-state index contributed by atoms with van der Waals surface area (Å²) >= 11 is 1.42. The third-order valence-corrected chi connectivity index (χ3v) is 4.51. The van der Waals surface area contributed by atoms with Gasteiger partial charge in [0, 0.05) is 30.5 Å². The number of aromatic carboxylic acids is 1. The van der Waals surface area contributed by atoms with E-state index in [4.69, 9.17) is 0 Å². The topological polar surface area (TPSA) is 66.3 Å². The van der Waals surface area contributed by atoms with Crippen molar-refractivity contribution in [3.8, 4) is 0 Å². The first-order valence-electron chi connectivity index (χ1n) is 6.99. The second-order valence-electron chi connectivity index (χ2n) is 5.51. The van der Waals surface area contributed by atoms with Gasteiger partial charge in [0.25, 0.3) is 0 Å². The molecule has 0 atom stereocenters. The number of hydrogen-bond donors (Lipinski definition) is 1. The van der Waals surface area contributed by atoms with E-state index in [1.165, 1.54) is 11.5 Å². The largest absolute Gasteiger partial charge is 0.478 e. The van der Waals surface area contributed by atoms with Crippen LogP contribution in [0.2, 0.25) is 0 Å². The molecular weight excluding hydrogens is 286 g/mol. The van der Waals surface area contributed by atoms with Crippen molar-refractivity contribution in [3.63, 3.8) is 0 Å². The van der Waals surface area contributed by atoms with E-state index >= 15 is 0 Å². The monoisotopic (exact) mass is 303 g/mol. The molecule has 0 spiro atoms. The van der Waals surface area contributed by atoms with Crippen molar-refractivity contribution in [1.29, 1.82) is 0 Å². The molecule has 6 heteroatoms. The van der Waals surface area contributed by atoms with Gasteiger partial charge in [-0.3, -0.25) is 0 Å². The van der Waals surface area contributed by atoms with E-state index in [1.807, 2.05) is 12.1 Å². The summed E-state index contributed by atoms with van der Waals surface area (Å²) < 4.78 is 4.39. The first kappa shape index (κ1) is 14.0. The van der Waals surface area contributed by atoms with Gasteiger partial charge < -0.3 is 10.0 Å². The highest BCUT2D eigenvalue weighted by molar-refractivity contribution is 7.09. The molecule has 5 nitrogen and oxygen atoms in total. The summed E-state index contributed by atoms with van der Waals surface area (Å²) in [5, 5.41) is 10.2. The molecule has 0 bridgehead atoms. The van der Waals surface area contributed by atoms with Crippen molar-refractivity contribution < 1.29 is 9.90 Å². The molecule has 2 heterocycles. The van der Waals surface area contributed by atoms with Crippen LogP contribution in [0.15, 0.2) is 18.2 Å². The maximum Gasteiger partial charge on any atom is 0.335 e. The molecule has 1 N–H and O–H groups in total. The number of carboxylic acids is 1. The zero-order chi connectivity index (χ0) is 15.0. The highest BCUT2D eigenvalue weighted by Gasteiger charge is 2.23. The fourth-order valence-electron chi connectivity index (χ4n) is 2.56. The van der Waals surface area contributed by atoms with Crippen molar-refractivity contribution in [2.45, 2.75) is 32.7 Å².